The first kappa shape index (κ1) is 12.9. The standard InChI is InChI=1S/C15H14BrNOS/c16-12-8-13(19-10-12)9-17-14(18)15(6-7-15)11-4-2-1-3-5-11/h1-5,8,10H,6-7,9H2,(H,17,18). The Morgan fingerprint density at radius 1 is 1.32 bits per heavy atom. The first-order valence-corrected chi connectivity index (χ1v) is 7.95. The first-order valence-electron chi connectivity index (χ1n) is 6.27. The van der Waals surface area contributed by atoms with Crippen molar-refractivity contribution in [2.24, 2.45) is 0 Å². The topological polar surface area (TPSA) is 29.1 Å². The highest BCUT2D eigenvalue weighted by Gasteiger charge is 2.50. The fraction of sp³-hybridized carbons (Fsp3) is 0.267. The maximum Gasteiger partial charge on any atom is 0.230 e. The summed E-state index contributed by atoms with van der Waals surface area (Å²) in [5.74, 6) is 0.156. The van der Waals surface area contributed by atoms with E-state index in [0.29, 0.717) is 6.54 Å². The maximum absolute atomic E-state index is 12.4. The van der Waals surface area contributed by atoms with Crippen LogP contribution in [0.4, 0.5) is 0 Å². The van der Waals surface area contributed by atoms with Crippen LogP contribution in [0.1, 0.15) is 23.3 Å². The minimum atomic E-state index is -0.268. The van der Waals surface area contributed by atoms with Gasteiger partial charge in [-0.25, -0.2) is 0 Å². The summed E-state index contributed by atoms with van der Waals surface area (Å²) in [5, 5.41) is 5.10. The van der Waals surface area contributed by atoms with Crippen molar-refractivity contribution in [3.63, 3.8) is 0 Å². The summed E-state index contributed by atoms with van der Waals surface area (Å²) >= 11 is 5.08. The highest BCUT2D eigenvalue weighted by molar-refractivity contribution is 9.10. The fourth-order valence-electron chi connectivity index (χ4n) is 2.31. The lowest BCUT2D eigenvalue weighted by molar-refractivity contribution is -0.123. The Bertz CT molecular complexity index is 589. The molecule has 1 aromatic carbocycles. The van der Waals surface area contributed by atoms with E-state index in [2.05, 4.69) is 21.2 Å². The van der Waals surface area contributed by atoms with Crippen molar-refractivity contribution in [1.82, 2.24) is 5.32 Å². The minimum Gasteiger partial charge on any atom is -0.350 e. The first-order chi connectivity index (χ1) is 9.21. The molecule has 0 saturated heterocycles. The van der Waals surface area contributed by atoms with Gasteiger partial charge in [0.15, 0.2) is 0 Å². The van der Waals surface area contributed by atoms with E-state index in [1.54, 1.807) is 11.3 Å². The summed E-state index contributed by atoms with van der Waals surface area (Å²) in [6, 6.07) is 12.1. The number of hydrogen-bond donors (Lipinski definition) is 1. The minimum absolute atomic E-state index is 0.156. The Balaban J connectivity index is 1.68. The number of amides is 1. The normalized spacial score (nSPS) is 16.1. The highest BCUT2D eigenvalue weighted by atomic mass is 79.9. The lowest BCUT2D eigenvalue weighted by Crippen LogP contribution is -2.34. The van der Waals surface area contributed by atoms with Crippen LogP contribution in [-0.2, 0) is 16.8 Å². The van der Waals surface area contributed by atoms with Crippen molar-refractivity contribution in [3.05, 3.63) is 56.7 Å². The molecule has 1 amide bonds. The monoisotopic (exact) mass is 335 g/mol. The van der Waals surface area contributed by atoms with E-state index in [1.165, 1.54) is 4.88 Å². The zero-order chi connectivity index (χ0) is 13.3. The number of thiophene rings is 1. The van der Waals surface area contributed by atoms with Crippen LogP contribution >= 0.6 is 27.3 Å². The SMILES string of the molecule is O=C(NCc1cc(Br)cs1)C1(c2ccccc2)CC1. The van der Waals surface area contributed by atoms with Crippen molar-refractivity contribution in [1.29, 1.82) is 0 Å². The van der Waals surface area contributed by atoms with Crippen molar-refractivity contribution < 1.29 is 4.79 Å². The number of nitrogens with one attached hydrogen (secondary N) is 1. The number of rotatable bonds is 4. The molecule has 0 atom stereocenters. The summed E-state index contributed by atoms with van der Waals surface area (Å²) in [6.07, 6.45) is 1.91. The van der Waals surface area contributed by atoms with Crippen molar-refractivity contribution >= 4 is 33.2 Å². The summed E-state index contributed by atoms with van der Waals surface area (Å²) in [5.41, 5.74) is 0.871. The van der Waals surface area contributed by atoms with Crippen molar-refractivity contribution in [3.8, 4) is 0 Å². The van der Waals surface area contributed by atoms with Gasteiger partial charge >= 0.3 is 0 Å². The summed E-state index contributed by atoms with van der Waals surface area (Å²) in [7, 11) is 0. The summed E-state index contributed by atoms with van der Waals surface area (Å²) in [6.45, 7) is 0.615. The lowest BCUT2D eigenvalue weighted by Gasteiger charge is -2.15. The van der Waals surface area contributed by atoms with Gasteiger partial charge in [0, 0.05) is 14.7 Å². The van der Waals surface area contributed by atoms with Crippen LogP contribution in [0.25, 0.3) is 0 Å². The summed E-state index contributed by atoms with van der Waals surface area (Å²) in [4.78, 5) is 13.6. The van der Waals surface area contributed by atoms with E-state index in [9.17, 15) is 4.79 Å². The molecule has 1 aliphatic rings. The van der Waals surface area contributed by atoms with E-state index in [4.69, 9.17) is 0 Å². The van der Waals surface area contributed by atoms with Gasteiger partial charge in [0.2, 0.25) is 5.91 Å². The van der Waals surface area contributed by atoms with Crippen LogP contribution in [0.3, 0.4) is 0 Å². The molecule has 0 unspecified atom stereocenters. The van der Waals surface area contributed by atoms with E-state index in [-0.39, 0.29) is 11.3 Å². The molecule has 1 heterocycles. The zero-order valence-electron chi connectivity index (χ0n) is 10.4. The van der Waals surface area contributed by atoms with Gasteiger partial charge < -0.3 is 5.32 Å². The van der Waals surface area contributed by atoms with Crippen molar-refractivity contribution in [2.45, 2.75) is 24.8 Å². The molecule has 0 bridgehead atoms. The van der Waals surface area contributed by atoms with Crippen LogP contribution in [0.15, 0.2) is 46.3 Å². The molecule has 1 aliphatic carbocycles. The molecule has 2 aromatic rings. The van der Waals surface area contributed by atoms with Gasteiger partial charge in [0.25, 0.3) is 0 Å². The largest absolute Gasteiger partial charge is 0.350 e. The maximum atomic E-state index is 12.4. The third-order valence-corrected chi connectivity index (χ3v) is 5.25. The van der Waals surface area contributed by atoms with E-state index >= 15 is 0 Å². The fourth-order valence-corrected chi connectivity index (χ4v) is 3.70. The number of carbonyl (C=O) groups is 1. The van der Waals surface area contributed by atoms with Gasteiger partial charge in [-0.05, 0) is 40.4 Å². The summed E-state index contributed by atoms with van der Waals surface area (Å²) < 4.78 is 1.07. The molecule has 1 aromatic heterocycles. The van der Waals surface area contributed by atoms with Gasteiger partial charge in [0.05, 0.1) is 12.0 Å². The number of hydrogen-bond acceptors (Lipinski definition) is 2. The molecule has 4 heteroatoms. The lowest BCUT2D eigenvalue weighted by atomic mass is 9.95. The predicted octanol–water partition coefficient (Wildman–Crippen LogP) is 3.86. The highest BCUT2D eigenvalue weighted by Crippen LogP contribution is 2.48. The van der Waals surface area contributed by atoms with Gasteiger partial charge in [-0.15, -0.1) is 11.3 Å². The Morgan fingerprint density at radius 3 is 2.63 bits per heavy atom. The number of carbonyl (C=O) groups excluding carboxylic acids is 1. The molecular formula is C15H14BrNOS. The number of benzene rings is 1. The quantitative estimate of drug-likeness (QED) is 0.903. The second-order valence-corrected chi connectivity index (χ2v) is 6.77. The molecule has 0 spiro atoms. The molecule has 0 radical (unpaired) electrons. The Labute approximate surface area is 125 Å². The average Bonchev–Trinajstić information content (AvgIpc) is 3.15. The molecule has 1 saturated carbocycles. The van der Waals surface area contributed by atoms with Gasteiger partial charge in [-0.2, -0.15) is 0 Å². The average molecular weight is 336 g/mol. The van der Waals surface area contributed by atoms with Gasteiger partial charge in [-0.1, -0.05) is 30.3 Å². The Hall–Kier alpha value is -1.13. The molecule has 19 heavy (non-hydrogen) atoms. The van der Waals surface area contributed by atoms with Crippen LogP contribution in [0.2, 0.25) is 0 Å². The van der Waals surface area contributed by atoms with Crippen molar-refractivity contribution in [2.75, 3.05) is 0 Å². The van der Waals surface area contributed by atoms with E-state index in [0.717, 1.165) is 22.9 Å². The van der Waals surface area contributed by atoms with Crippen LogP contribution in [0.5, 0.6) is 0 Å². The Morgan fingerprint density at radius 2 is 2.05 bits per heavy atom. The molecule has 3 rings (SSSR count). The third kappa shape index (κ3) is 2.60. The Kier molecular flexibility index (Phi) is 3.46. The van der Waals surface area contributed by atoms with Gasteiger partial charge in [0.1, 0.15) is 0 Å². The molecule has 1 fully saturated rings. The zero-order valence-corrected chi connectivity index (χ0v) is 12.8. The second-order valence-electron chi connectivity index (χ2n) is 4.86. The molecule has 1 N–H and O–H groups in total. The molecule has 98 valence electrons. The van der Waals surface area contributed by atoms with Crippen LogP contribution < -0.4 is 5.32 Å². The number of halogens is 1. The van der Waals surface area contributed by atoms with E-state index in [1.807, 2.05) is 41.8 Å². The molecular weight excluding hydrogens is 322 g/mol. The third-order valence-electron chi connectivity index (χ3n) is 3.56. The van der Waals surface area contributed by atoms with Gasteiger partial charge in [-0.3, -0.25) is 4.79 Å². The van der Waals surface area contributed by atoms with E-state index < -0.39 is 0 Å². The molecule has 0 aliphatic heterocycles. The van der Waals surface area contributed by atoms with Crippen LogP contribution in [-0.4, -0.2) is 5.91 Å². The smallest absolute Gasteiger partial charge is 0.230 e. The van der Waals surface area contributed by atoms with Crippen LogP contribution in [0, 0.1) is 0 Å². The molecule has 2 nitrogen and oxygen atoms in total. The predicted molar refractivity (Wildman–Crippen MR) is 81.2 cm³/mol. The second kappa shape index (κ2) is 5.10.